The lowest BCUT2D eigenvalue weighted by Gasteiger charge is -2.14. The minimum Gasteiger partial charge on any atom is -0.481 e. The molecule has 2 amide bonds. The van der Waals surface area contributed by atoms with Crippen LogP contribution in [0, 0.1) is 0 Å². The van der Waals surface area contributed by atoms with Gasteiger partial charge >= 0.3 is 12.0 Å². The van der Waals surface area contributed by atoms with Gasteiger partial charge in [0.2, 0.25) is 0 Å². The lowest BCUT2D eigenvalue weighted by molar-refractivity contribution is -0.139. The van der Waals surface area contributed by atoms with Gasteiger partial charge in [-0.3, -0.25) is 9.00 Å². The van der Waals surface area contributed by atoms with Crippen LogP contribution in [0.2, 0.25) is 0 Å². The number of ether oxygens (including phenoxy) is 1. The van der Waals surface area contributed by atoms with Gasteiger partial charge in [0.15, 0.2) is 0 Å². The van der Waals surface area contributed by atoms with Crippen LogP contribution in [0.1, 0.15) is 12.8 Å². The van der Waals surface area contributed by atoms with Crippen molar-refractivity contribution in [2.24, 2.45) is 0 Å². The molecule has 8 heteroatoms. The van der Waals surface area contributed by atoms with Crippen LogP contribution in [0.15, 0.2) is 0 Å². The lowest BCUT2D eigenvalue weighted by Crippen LogP contribution is -2.41. The third-order valence-corrected chi connectivity index (χ3v) is 2.98. The summed E-state index contributed by atoms with van der Waals surface area (Å²) in [6.07, 6.45) is 1.54. The van der Waals surface area contributed by atoms with E-state index < -0.39 is 22.9 Å². The van der Waals surface area contributed by atoms with Crippen LogP contribution in [-0.2, 0) is 20.3 Å². The van der Waals surface area contributed by atoms with Crippen LogP contribution >= 0.6 is 0 Å². The Morgan fingerprint density at radius 3 is 2.56 bits per heavy atom. The maximum atomic E-state index is 11.3. The maximum absolute atomic E-state index is 11.3. The normalized spacial score (nSPS) is 13.7. The molecule has 18 heavy (non-hydrogen) atoms. The number of methoxy groups -OCH3 is 1. The van der Waals surface area contributed by atoms with Crippen molar-refractivity contribution in [3.05, 3.63) is 0 Å². The molecule has 0 aliphatic carbocycles. The smallest absolute Gasteiger partial charge is 0.314 e. The molecule has 0 saturated carbocycles. The van der Waals surface area contributed by atoms with E-state index in [1.807, 2.05) is 0 Å². The number of urea groups is 1. The average molecular weight is 280 g/mol. The first-order chi connectivity index (χ1) is 8.45. The number of amides is 2. The van der Waals surface area contributed by atoms with E-state index >= 15 is 0 Å². The highest BCUT2D eigenvalue weighted by Gasteiger charge is 2.13. The quantitative estimate of drug-likeness (QED) is 0.496. The Bertz CT molecular complexity index is 298. The molecule has 0 spiro atoms. The van der Waals surface area contributed by atoms with Gasteiger partial charge in [-0.25, -0.2) is 4.79 Å². The molecule has 0 aromatic carbocycles. The van der Waals surface area contributed by atoms with Crippen molar-refractivity contribution >= 4 is 22.8 Å². The van der Waals surface area contributed by atoms with Crippen LogP contribution in [0.3, 0.4) is 0 Å². The van der Waals surface area contributed by atoms with Crippen molar-refractivity contribution in [1.82, 2.24) is 10.6 Å². The van der Waals surface area contributed by atoms with Gasteiger partial charge < -0.3 is 20.5 Å². The van der Waals surface area contributed by atoms with Crippen LogP contribution in [0.5, 0.6) is 0 Å². The number of hydrogen-bond acceptors (Lipinski definition) is 4. The van der Waals surface area contributed by atoms with E-state index in [1.165, 1.54) is 7.11 Å². The molecular formula is C10H20N2O5S. The zero-order valence-corrected chi connectivity index (χ0v) is 11.4. The molecule has 0 saturated heterocycles. The fraction of sp³-hybridized carbons (Fsp3) is 0.800. The van der Waals surface area contributed by atoms with Gasteiger partial charge in [-0.05, 0) is 6.42 Å². The first-order valence-corrected chi connectivity index (χ1v) is 7.24. The molecule has 0 fully saturated rings. The molecule has 2 unspecified atom stereocenters. The number of rotatable bonds is 9. The van der Waals surface area contributed by atoms with Gasteiger partial charge in [0.1, 0.15) is 0 Å². The predicted octanol–water partition coefficient (Wildman–Crippen LogP) is -0.456. The fourth-order valence-electron chi connectivity index (χ4n) is 1.18. The Balaban J connectivity index is 3.67. The highest BCUT2D eigenvalue weighted by atomic mass is 32.2. The highest BCUT2D eigenvalue weighted by Crippen LogP contribution is 1.95. The number of carbonyl (C=O) groups is 2. The second kappa shape index (κ2) is 9.84. The number of nitrogens with one attached hydrogen (secondary N) is 2. The molecule has 0 rings (SSSR count). The van der Waals surface area contributed by atoms with Gasteiger partial charge in [0.05, 0.1) is 12.5 Å². The van der Waals surface area contributed by atoms with E-state index in [2.05, 4.69) is 10.6 Å². The lowest BCUT2D eigenvalue weighted by atomic mass is 10.2. The molecular weight excluding hydrogens is 260 g/mol. The summed E-state index contributed by atoms with van der Waals surface area (Å²) in [5.41, 5.74) is 0. The number of hydrogen-bond donors (Lipinski definition) is 3. The van der Waals surface area contributed by atoms with Crippen molar-refractivity contribution in [3.8, 4) is 0 Å². The topological polar surface area (TPSA) is 105 Å². The zero-order chi connectivity index (χ0) is 14.0. The van der Waals surface area contributed by atoms with Gasteiger partial charge in [-0.1, -0.05) is 0 Å². The van der Waals surface area contributed by atoms with Crippen LogP contribution < -0.4 is 10.6 Å². The summed E-state index contributed by atoms with van der Waals surface area (Å²) in [5.74, 6) is -0.436. The summed E-state index contributed by atoms with van der Waals surface area (Å²) in [7, 11) is 0.536. The van der Waals surface area contributed by atoms with E-state index in [1.54, 1.807) is 6.26 Å². The Morgan fingerprint density at radius 2 is 2.06 bits per heavy atom. The molecule has 0 aliphatic heterocycles. The summed E-state index contributed by atoms with van der Waals surface area (Å²) < 4.78 is 15.7. The molecule has 0 aromatic rings. The second-order valence-corrected chi connectivity index (χ2v) is 5.28. The summed E-state index contributed by atoms with van der Waals surface area (Å²) in [4.78, 5) is 21.7. The van der Waals surface area contributed by atoms with E-state index in [0.717, 1.165) is 0 Å². The number of carbonyl (C=O) groups excluding carboxylic acids is 1. The van der Waals surface area contributed by atoms with Crippen molar-refractivity contribution < 1.29 is 23.6 Å². The standard InChI is InChI=1S/C10H20N2O5S/c1-17-8(6-9(13)14)7-12-10(15)11-4-3-5-18(2)16/h8H,3-7H2,1-2H3,(H,13,14)(H2,11,12,15). The minimum absolute atomic E-state index is 0.133. The van der Waals surface area contributed by atoms with Crippen molar-refractivity contribution in [2.45, 2.75) is 18.9 Å². The van der Waals surface area contributed by atoms with Gasteiger partial charge in [-0.2, -0.15) is 0 Å². The summed E-state index contributed by atoms with van der Waals surface area (Å²) >= 11 is 0. The number of carboxylic acids is 1. The fourth-order valence-corrected chi connectivity index (χ4v) is 1.73. The predicted molar refractivity (Wildman–Crippen MR) is 68.0 cm³/mol. The molecule has 2 atom stereocenters. The molecule has 0 radical (unpaired) electrons. The Morgan fingerprint density at radius 1 is 1.39 bits per heavy atom. The molecule has 0 heterocycles. The third kappa shape index (κ3) is 10.0. The monoisotopic (exact) mass is 280 g/mol. The molecule has 0 bridgehead atoms. The Hall–Kier alpha value is -1.15. The van der Waals surface area contributed by atoms with E-state index in [-0.39, 0.29) is 19.0 Å². The largest absolute Gasteiger partial charge is 0.481 e. The number of aliphatic carboxylic acids is 1. The highest BCUT2D eigenvalue weighted by molar-refractivity contribution is 7.84. The third-order valence-electron chi connectivity index (χ3n) is 2.12. The van der Waals surface area contributed by atoms with Crippen LogP contribution in [0.25, 0.3) is 0 Å². The first-order valence-electron chi connectivity index (χ1n) is 5.52. The van der Waals surface area contributed by atoms with E-state index in [9.17, 15) is 13.8 Å². The summed E-state index contributed by atoms with van der Waals surface area (Å²) in [6, 6.07) is -0.385. The first kappa shape index (κ1) is 16.9. The molecule has 3 N–H and O–H groups in total. The SMILES string of the molecule is COC(CNC(=O)NCCCS(C)=O)CC(=O)O. The van der Waals surface area contributed by atoms with Crippen molar-refractivity contribution in [1.29, 1.82) is 0 Å². The minimum atomic E-state index is -0.977. The molecule has 7 nitrogen and oxygen atoms in total. The number of carboxylic acid groups (broad SMARTS) is 1. The second-order valence-electron chi connectivity index (χ2n) is 3.72. The summed E-state index contributed by atoms with van der Waals surface area (Å²) in [5, 5.41) is 13.7. The van der Waals surface area contributed by atoms with Crippen molar-refractivity contribution in [3.63, 3.8) is 0 Å². The Labute approximate surface area is 109 Å². The average Bonchev–Trinajstić information content (AvgIpc) is 2.29. The Kier molecular flexibility index (Phi) is 9.21. The van der Waals surface area contributed by atoms with E-state index in [4.69, 9.17) is 9.84 Å². The van der Waals surface area contributed by atoms with Crippen LogP contribution in [0.4, 0.5) is 4.79 Å². The molecule has 106 valence electrons. The van der Waals surface area contributed by atoms with Gasteiger partial charge in [0, 0.05) is 43.0 Å². The zero-order valence-electron chi connectivity index (χ0n) is 10.6. The van der Waals surface area contributed by atoms with Crippen LogP contribution in [-0.4, -0.2) is 59.6 Å². The van der Waals surface area contributed by atoms with Crippen molar-refractivity contribution in [2.75, 3.05) is 32.2 Å². The summed E-state index contributed by atoms with van der Waals surface area (Å²) in [6.45, 7) is 0.566. The van der Waals surface area contributed by atoms with Gasteiger partial charge in [-0.15, -0.1) is 0 Å². The van der Waals surface area contributed by atoms with Gasteiger partial charge in [0.25, 0.3) is 0 Å². The molecule has 0 aliphatic rings. The molecule has 0 aromatic heterocycles. The maximum Gasteiger partial charge on any atom is 0.314 e. The van der Waals surface area contributed by atoms with E-state index in [0.29, 0.717) is 18.7 Å².